The molecule has 150 valence electrons. The first-order chi connectivity index (χ1) is 13.4. The van der Waals surface area contributed by atoms with Crippen LogP contribution >= 0.6 is 23.2 Å². The van der Waals surface area contributed by atoms with Crippen LogP contribution in [0.5, 0.6) is 0 Å². The Hall–Kier alpha value is -2.08. The van der Waals surface area contributed by atoms with E-state index in [4.69, 9.17) is 23.2 Å². The quantitative estimate of drug-likeness (QED) is 0.581. The number of hydrogen-bond donors (Lipinski definition) is 3. The number of amides is 2. The fourth-order valence-corrected chi connectivity index (χ4v) is 3.45. The number of para-hydroxylation sites is 1. The Balaban J connectivity index is 1.88. The van der Waals surface area contributed by atoms with E-state index < -0.39 is 0 Å². The van der Waals surface area contributed by atoms with Crippen molar-refractivity contribution in [1.82, 2.24) is 5.32 Å². The van der Waals surface area contributed by atoms with E-state index >= 15 is 0 Å². The molecule has 0 aliphatic carbocycles. The Morgan fingerprint density at radius 2 is 1.57 bits per heavy atom. The van der Waals surface area contributed by atoms with Gasteiger partial charge in [-0.3, -0.25) is 9.59 Å². The molecule has 0 aliphatic rings. The van der Waals surface area contributed by atoms with Gasteiger partial charge in [0.15, 0.2) is 13.1 Å². The monoisotopic (exact) mass is 422 g/mol. The lowest BCUT2D eigenvalue weighted by molar-refractivity contribution is -0.862. The molecule has 0 heterocycles. The van der Waals surface area contributed by atoms with Gasteiger partial charge in [-0.15, -0.1) is 0 Å². The minimum Gasteiger partial charge on any atom is -0.344 e. The van der Waals surface area contributed by atoms with Crippen molar-refractivity contribution in [3.8, 4) is 0 Å². The molecule has 3 N–H and O–H groups in total. The standard InChI is InChI=1S/C21H25Cl2N3O2/c1-3-8-18(15-9-5-4-6-10-15)24-19(27)13-26(2)14-20(28)25-21-16(22)11-7-12-17(21)23/h4-7,9-12,18H,3,8,13-14H2,1-2H3,(H,24,27)(H,25,28)/p+1/t18-/m0/s1. The number of rotatable bonds is 9. The molecule has 0 saturated heterocycles. The Labute approximate surface area is 176 Å². The Kier molecular flexibility index (Phi) is 8.77. The van der Waals surface area contributed by atoms with E-state index in [1.165, 1.54) is 0 Å². The van der Waals surface area contributed by atoms with Crippen molar-refractivity contribution in [2.45, 2.75) is 25.8 Å². The Morgan fingerprint density at radius 3 is 2.18 bits per heavy atom. The maximum atomic E-state index is 12.5. The molecule has 1 unspecified atom stereocenters. The third-order valence-electron chi connectivity index (χ3n) is 4.27. The zero-order valence-corrected chi connectivity index (χ0v) is 17.6. The van der Waals surface area contributed by atoms with E-state index in [9.17, 15) is 9.59 Å². The van der Waals surface area contributed by atoms with Gasteiger partial charge in [0.1, 0.15) is 0 Å². The topological polar surface area (TPSA) is 62.6 Å². The number of likely N-dealkylation sites (N-methyl/N-ethyl adjacent to an activating group) is 1. The van der Waals surface area contributed by atoms with Crippen LogP contribution in [-0.4, -0.2) is 32.0 Å². The molecule has 0 aromatic heterocycles. The molecule has 0 saturated carbocycles. The van der Waals surface area contributed by atoms with Crippen molar-refractivity contribution in [2.75, 3.05) is 25.5 Å². The minimum absolute atomic E-state index is 0.0257. The van der Waals surface area contributed by atoms with Crippen LogP contribution in [0.2, 0.25) is 10.0 Å². The van der Waals surface area contributed by atoms with E-state index in [1.807, 2.05) is 30.3 Å². The van der Waals surface area contributed by atoms with Crippen LogP contribution in [0, 0.1) is 0 Å². The maximum Gasteiger partial charge on any atom is 0.279 e. The summed E-state index contributed by atoms with van der Waals surface area (Å²) in [6.07, 6.45) is 1.82. The number of hydrogen-bond acceptors (Lipinski definition) is 2. The van der Waals surface area contributed by atoms with Crippen LogP contribution in [0.1, 0.15) is 31.4 Å². The fraction of sp³-hybridized carbons (Fsp3) is 0.333. The summed E-state index contributed by atoms with van der Waals surface area (Å²) in [4.78, 5) is 25.5. The molecule has 2 rings (SSSR count). The van der Waals surface area contributed by atoms with Crippen LogP contribution in [0.4, 0.5) is 5.69 Å². The first-order valence-electron chi connectivity index (χ1n) is 9.30. The predicted molar refractivity (Wildman–Crippen MR) is 114 cm³/mol. The first-order valence-corrected chi connectivity index (χ1v) is 10.1. The number of quaternary nitrogens is 1. The van der Waals surface area contributed by atoms with Gasteiger partial charge >= 0.3 is 0 Å². The Bertz CT molecular complexity index is 779. The van der Waals surface area contributed by atoms with Crippen molar-refractivity contribution >= 4 is 40.7 Å². The lowest BCUT2D eigenvalue weighted by Crippen LogP contribution is -3.11. The summed E-state index contributed by atoms with van der Waals surface area (Å²) in [7, 11) is 1.80. The van der Waals surface area contributed by atoms with Gasteiger partial charge in [0, 0.05) is 0 Å². The van der Waals surface area contributed by atoms with Gasteiger partial charge in [0.2, 0.25) is 0 Å². The van der Waals surface area contributed by atoms with Crippen molar-refractivity contribution in [3.05, 3.63) is 64.1 Å². The summed E-state index contributed by atoms with van der Waals surface area (Å²) in [6, 6.07) is 14.9. The maximum absolute atomic E-state index is 12.5. The molecule has 0 aliphatic heterocycles. The molecule has 2 atom stereocenters. The van der Waals surface area contributed by atoms with Crippen LogP contribution in [-0.2, 0) is 9.59 Å². The normalized spacial score (nSPS) is 12.9. The van der Waals surface area contributed by atoms with Crippen molar-refractivity contribution in [2.24, 2.45) is 0 Å². The second kappa shape index (κ2) is 11.1. The lowest BCUT2D eigenvalue weighted by Gasteiger charge is -2.20. The molecular weight excluding hydrogens is 397 g/mol. The predicted octanol–water partition coefficient (Wildman–Crippen LogP) is 3.10. The van der Waals surface area contributed by atoms with E-state index in [0.717, 1.165) is 23.3 Å². The molecule has 0 fully saturated rings. The highest BCUT2D eigenvalue weighted by Gasteiger charge is 2.19. The first kappa shape index (κ1) is 22.2. The number of nitrogens with one attached hydrogen (secondary N) is 3. The highest BCUT2D eigenvalue weighted by Crippen LogP contribution is 2.29. The third-order valence-corrected chi connectivity index (χ3v) is 4.90. The second-order valence-corrected chi connectivity index (χ2v) is 7.59. The average molecular weight is 423 g/mol. The van der Waals surface area contributed by atoms with Gasteiger partial charge in [0.25, 0.3) is 11.8 Å². The van der Waals surface area contributed by atoms with Crippen LogP contribution in [0.25, 0.3) is 0 Å². The van der Waals surface area contributed by atoms with E-state index in [2.05, 4.69) is 17.6 Å². The van der Waals surface area contributed by atoms with Crippen LogP contribution < -0.4 is 15.5 Å². The number of carbonyl (C=O) groups excluding carboxylic acids is 2. The summed E-state index contributed by atoms with van der Waals surface area (Å²) < 4.78 is 0. The van der Waals surface area contributed by atoms with Gasteiger partial charge in [-0.1, -0.05) is 72.9 Å². The lowest BCUT2D eigenvalue weighted by atomic mass is 10.0. The second-order valence-electron chi connectivity index (χ2n) is 6.77. The Morgan fingerprint density at radius 1 is 0.964 bits per heavy atom. The number of anilines is 1. The number of carbonyl (C=O) groups is 2. The highest BCUT2D eigenvalue weighted by molar-refractivity contribution is 6.39. The SMILES string of the molecule is CCC[C@H](NC(=O)C[NH+](C)CC(=O)Nc1c(Cl)cccc1Cl)c1ccccc1. The van der Waals surface area contributed by atoms with Gasteiger partial charge in [-0.25, -0.2) is 0 Å². The smallest absolute Gasteiger partial charge is 0.279 e. The summed E-state index contributed by atoms with van der Waals surface area (Å²) in [5.74, 6) is -0.350. The zero-order valence-electron chi connectivity index (χ0n) is 16.1. The van der Waals surface area contributed by atoms with E-state index in [-0.39, 0.29) is 30.9 Å². The van der Waals surface area contributed by atoms with Gasteiger partial charge < -0.3 is 15.5 Å². The third kappa shape index (κ3) is 6.82. The molecule has 7 heteroatoms. The molecule has 0 bridgehead atoms. The van der Waals surface area contributed by atoms with Gasteiger partial charge in [-0.05, 0) is 24.1 Å². The summed E-state index contributed by atoms with van der Waals surface area (Å²) in [5, 5.41) is 6.54. The number of halogens is 2. The van der Waals surface area contributed by atoms with Crippen LogP contribution in [0.15, 0.2) is 48.5 Å². The van der Waals surface area contributed by atoms with Gasteiger partial charge in [-0.2, -0.15) is 0 Å². The molecule has 5 nitrogen and oxygen atoms in total. The summed E-state index contributed by atoms with van der Waals surface area (Å²) >= 11 is 12.1. The average Bonchev–Trinajstić information content (AvgIpc) is 2.65. The van der Waals surface area contributed by atoms with Crippen molar-refractivity contribution in [3.63, 3.8) is 0 Å². The summed E-state index contributed by atoms with van der Waals surface area (Å²) in [6.45, 7) is 2.40. The highest BCUT2D eigenvalue weighted by atomic mass is 35.5. The molecule has 2 aromatic carbocycles. The molecule has 2 amide bonds. The van der Waals surface area contributed by atoms with Crippen molar-refractivity contribution in [1.29, 1.82) is 0 Å². The van der Waals surface area contributed by atoms with Gasteiger partial charge in [0.05, 0.1) is 28.8 Å². The molecule has 28 heavy (non-hydrogen) atoms. The summed E-state index contributed by atoms with van der Waals surface area (Å²) in [5.41, 5.74) is 1.47. The fourth-order valence-electron chi connectivity index (χ4n) is 2.95. The van der Waals surface area contributed by atoms with E-state index in [0.29, 0.717) is 15.7 Å². The van der Waals surface area contributed by atoms with E-state index in [1.54, 1.807) is 25.2 Å². The number of benzene rings is 2. The van der Waals surface area contributed by atoms with Crippen LogP contribution in [0.3, 0.4) is 0 Å². The molecule has 0 spiro atoms. The molecular formula is C21H26Cl2N3O2+. The molecule has 0 radical (unpaired) electrons. The minimum atomic E-state index is -0.256. The van der Waals surface area contributed by atoms with Crippen molar-refractivity contribution < 1.29 is 14.5 Å². The largest absolute Gasteiger partial charge is 0.344 e. The molecule has 2 aromatic rings. The zero-order chi connectivity index (χ0) is 20.5.